The van der Waals surface area contributed by atoms with Crippen molar-refractivity contribution in [3.63, 3.8) is 0 Å². The summed E-state index contributed by atoms with van der Waals surface area (Å²) in [6, 6.07) is 5.05. The molecule has 108 valence electrons. The lowest BCUT2D eigenvalue weighted by Crippen LogP contribution is -2.31. The van der Waals surface area contributed by atoms with Gasteiger partial charge in [-0.25, -0.2) is 4.79 Å². The molecule has 0 bridgehead atoms. The lowest BCUT2D eigenvalue weighted by atomic mass is 10.4. The zero-order valence-electron chi connectivity index (χ0n) is 10.7. The standard InChI is InChI=1S/C11H10N6O3S/c18-10(8-3-4-13-20-8)12-5-6-16-11(19)17(15-14-16)9-2-1-7-21-9/h1-4,7H,5-6H2,(H,12,18). The Labute approximate surface area is 121 Å². The first-order valence-corrected chi connectivity index (χ1v) is 6.89. The number of rotatable bonds is 5. The molecule has 0 atom stereocenters. The Morgan fingerprint density at radius 2 is 2.29 bits per heavy atom. The summed E-state index contributed by atoms with van der Waals surface area (Å²) in [5.74, 6) is -0.282. The summed E-state index contributed by atoms with van der Waals surface area (Å²) in [7, 11) is 0. The molecule has 0 fully saturated rings. The minimum atomic E-state index is -0.397. The molecule has 0 aliphatic heterocycles. The predicted molar refractivity (Wildman–Crippen MR) is 72.3 cm³/mol. The molecule has 0 saturated heterocycles. The van der Waals surface area contributed by atoms with Gasteiger partial charge in [-0.2, -0.15) is 9.36 Å². The number of hydrogen-bond donors (Lipinski definition) is 1. The Kier molecular flexibility index (Phi) is 3.60. The summed E-state index contributed by atoms with van der Waals surface area (Å²) in [5.41, 5.74) is -0.355. The molecular weight excluding hydrogens is 296 g/mol. The van der Waals surface area contributed by atoms with E-state index < -0.39 is 5.91 Å². The van der Waals surface area contributed by atoms with Crippen LogP contribution in [0.5, 0.6) is 0 Å². The molecular formula is C11H10N6O3S. The highest BCUT2D eigenvalue weighted by molar-refractivity contribution is 7.12. The molecule has 0 aromatic carbocycles. The zero-order valence-corrected chi connectivity index (χ0v) is 11.5. The van der Waals surface area contributed by atoms with Gasteiger partial charge in [0.25, 0.3) is 5.91 Å². The van der Waals surface area contributed by atoms with Crippen LogP contribution in [0.15, 0.2) is 39.1 Å². The molecule has 0 aliphatic carbocycles. The number of tetrazole rings is 1. The Bertz CT molecular complexity index is 773. The SMILES string of the molecule is O=C(NCCn1nnn(-c2cccs2)c1=O)c1ccno1. The van der Waals surface area contributed by atoms with Crippen molar-refractivity contribution in [1.29, 1.82) is 0 Å². The number of carbonyl (C=O) groups is 1. The van der Waals surface area contributed by atoms with Crippen LogP contribution in [0.25, 0.3) is 5.00 Å². The second kappa shape index (κ2) is 5.71. The summed E-state index contributed by atoms with van der Waals surface area (Å²) in [6.45, 7) is 0.437. The van der Waals surface area contributed by atoms with Crippen molar-refractivity contribution in [2.45, 2.75) is 6.54 Å². The summed E-state index contributed by atoms with van der Waals surface area (Å²) in [4.78, 5) is 23.6. The van der Waals surface area contributed by atoms with Crippen molar-refractivity contribution in [3.05, 3.63) is 46.0 Å². The lowest BCUT2D eigenvalue weighted by Gasteiger charge is -2.01. The number of thiophene rings is 1. The smallest absolute Gasteiger partial charge is 0.351 e. The maximum atomic E-state index is 12.0. The van der Waals surface area contributed by atoms with Crippen LogP contribution in [0.3, 0.4) is 0 Å². The molecule has 0 unspecified atom stereocenters. The van der Waals surface area contributed by atoms with Crippen LogP contribution in [-0.2, 0) is 6.54 Å². The van der Waals surface area contributed by atoms with Crippen molar-refractivity contribution >= 4 is 17.2 Å². The number of hydrogen-bond acceptors (Lipinski definition) is 7. The molecule has 1 N–H and O–H groups in total. The molecule has 0 spiro atoms. The molecule has 3 aromatic rings. The van der Waals surface area contributed by atoms with Crippen LogP contribution in [0.4, 0.5) is 0 Å². The third kappa shape index (κ3) is 2.74. The molecule has 3 rings (SSSR count). The summed E-state index contributed by atoms with van der Waals surface area (Å²) < 4.78 is 7.11. The third-order valence-electron chi connectivity index (χ3n) is 2.63. The Hall–Kier alpha value is -2.75. The normalized spacial score (nSPS) is 10.7. The van der Waals surface area contributed by atoms with Crippen LogP contribution in [0, 0.1) is 0 Å². The summed E-state index contributed by atoms with van der Waals surface area (Å²) in [6.07, 6.45) is 1.38. The van der Waals surface area contributed by atoms with E-state index in [1.54, 1.807) is 6.07 Å². The van der Waals surface area contributed by atoms with E-state index in [2.05, 4.69) is 20.9 Å². The highest BCUT2D eigenvalue weighted by atomic mass is 32.1. The average Bonchev–Trinajstić information content (AvgIpc) is 3.20. The average molecular weight is 306 g/mol. The van der Waals surface area contributed by atoms with Gasteiger partial charge in [0.15, 0.2) is 0 Å². The van der Waals surface area contributed by atoms with Gasteiger partial charge in [0.05, 0.1) is 12.7 Å². The van der Waals surface area contributed by atoms with Gasteiger partial charge in [-0.3, -0.25) is 4.79 Å². The molecule has 21 heavy (non-hydrogen) atoms. The number of nitrogens with zero attached hydrogens (tertiary/aromatic N) is 5. The monoisotopic (exact) mass is 306 g/mol. The first-order chi connectivity index (χ1) is 10.3. The molecule has 1 amide bonds. The zero-order chi connectivity index (χ0) is 14.7. The van der Waals surface area contributed by atoms with Crippen molar-refractivity contribution in [2.24, 2.45) is 0 Å². The van der Waals surface area contributed by atoms with Crippen LogP contribution in [-0.4, -0.2) is 37.4 Å². The fraction of sp³-hybridized carbons (Fsp3) is 0.182. The van der Waals surface area contributed by atoms with Gasteiger partial charge in [-0.15, -0.1) is 11.3 Å². The van der Waals surface area contributed by atoms with E-state index in [1.807, 2.05) is 11.4 Å². The van der Waals surface area contributed by atoms with E-state index in [9.17, 15) is 9.59 Å². The largest absolute Gasteiger partial charge is 0.369 e. The van der Waals surface area contributed by atoms with E-state index in [4.69, 9.17) is 4.52 Å². The topological polar surface area (TPSA) is 108 Å². The van der Waals surface area contributed by atoms with Gasteiger partial charge in [-0.1, -0.05) is 5.16 Å². The number of aromatic nitrogens is 5. The van der Waals surface area contributed by atoms with Gasteiger partial charge in [-0.05, 0) is 27.9 Å². The van der Waals surface area contributed by atoms with E-state index in [1.165, 1.54) is 33.0 Å². The van der Waals surface area contributed by atoms with Crippen molar-refractivity contribution in [3.8, 4) is 5.00 Å². The van der Waals surface area contributed by atoms with Crippen LogP contribution >= 0.6 is 11.3 Å². The third-order valence-corrected chi connectivity index (χ3v) is 3.47. The molecule has 0 aliphatic rings. The minimum Gasteiger partial charge on any atom is -0.351 e. The van der Waals surface area contributed by atoms with Crippen LogP contribution < -0.4 is 11.0 Å². The molecule has 9 nitrogen and oxygen atoms in total. The summed E-state index contributed by atoms with van der Waals surface area (Å²) >= 11 is 1.39. The van der Waals surface area contributed by atoms with Crippen LogP contribution in [0.2, 0.25) is 0 Å². The fourth-order valence-corrected chi connectivity index (χ4v) is 2.31. The first-order valence-electron chi connectivity index (χ1n) is 6.01. The number of amides is 1. The summed E-state index contributed by atoms with van der Waals surface area (Å²) in [5, 5.41) is 16.1. The minimum absolute atomic E-state index is 0.115. The van der Waals surface area contributed by atoms with E-state index in [-0.39, 0.29) is 24.5 Å². The quantitative estimate of drug-likeness (QED) is 0.705. The molecule has 10 heteroatoms. The maximum Gasteiger partial charge on any atom is 0.369 e. The van der Waals surface area contributed by atoms with Crippen LogP contribution in [0.1, 0.15) is 10.6 Å². The van der Waals surface area contributed by atoms with Gasteiger partial charge in [0.1, 0.15) is 5.00 Å². The van der Waals surface area contributed by atoms with Crippen molar-refractivity contribution in [2.75, 3.05) is 6.54 Å². The van der Waals surface area contributed by atoms with Crippen molar-refractivity contribution < 1.29 is 9.32 Å². The molecule has 3 heterocycles. The maximum absolute atomic E-state index is 12.0. The van der Waals surface area contributed by atoms with Crippen molar-refractivity contribution in [1.82, 2.24) is 30.3 Å². The second-order valence-corrected chi connectivity index (χ2v) is 4.91. The fourth-order valence-electron chi connectivity index (χ4n) is 1.64. The Morgan fingerprint density at radius 3 is 3.00 bits per heavy atom. The highest BCUT2D eigenvalue weighted by Gasteiger charge is 2.11. The first kappa shape index (κ1) is 13.2. The van der Waals surface area contributed by atoms with E-state index >= 15 is 0 Å². The molecule has 0 radical (unpaired) electrons. The lowest BCUT2D eigenvalue weighted by molar-refractivity contribution is 0.0915. The second-order valence-electron chi connectivity index (χ2n) is 3.98. The Morgan fingerprint density at radius 1 is 1.38 bits per heavy atom. The van der Waals surface area contributed by atoms with Gasteiger partial charge in [0.2, 0.25) is 5.76 Å². The van der Waals surface area contributed by atoms with E-state index in [0.29, 0.717) is 5.00 Å². The Balaban J connectivity index is 1.62. The highest BCUT2D eigenvalue weighted by Crippen LogP contribution is 2.10. The van der Waals surface area contributed by atoms with Gasteiger partial charge < -0.3 is 9.84 Å². The molecule has 0 saturated carbocycles. The number of carbonyl (C=O) groups excluding carboxylic acids is 1. The predicted octanol–water partition coefficient (Wildman–Crippen LogP) is -0.0915. The van der Waals surface area contributed by atoms with Gasteiger partial charge >= 0.3 is 5.69 Å². The molecule has 3 aromatic heterocycles. The van der Waals surface area contributed by atoms with E-state index in [0.717, 1.165) is 0 Å². The van der Waals surface area contributed by atoms with Gasteiger partial charge in [0, 0.05) is 12.6 Å². The number of nitrogens with one attached hydrogen (secondary N) is 1.